The van der Waals surface area contributed by atoms with Gasteiger partial charge < -0.3 is 4.90 Å². The van der Waals surface area contributed by atoms with Crippen LogP contribution in [-0.2, 0) is 21.3 Å². The van der Waals surface area contributed by atoms with Crippen LogP contribution >= 0.6 is 11.6 Å². The van der Waals surface area contributed by atoms with Gasteiger partial charge in [0.05, 0.1) is 5.75 Å². The Morgan fingerprint density at radius 1 is 1.14 bits per heavy atom. The Balaban J connectivity index is 2.07. The summed E-state index contributed by atoms with van der Waals surface area (Å²) in [6, 6.07) is 16.6. The number of rotatable bonds is 5. The molecule has 5 heteroatoms. The smallest absolute Gasteiger partial charge is 0.242 e. The van der Waals surface area contributed by atoms with Gasteiger partial charge in [-0.15, -0.1) is 0 Å². The highest BCUT2D eigenvalue weighted by Crippen LogP contribution is 2.19. The lowest BCUT2D eigenvalue weighted by atomic mass is 10.2. The lowest BCUT2D eigenvalue weighted by molar-refractivity contribution is -0.117. The molecule has 0 aliphatic heterocycles. The Labute approximate surface area is 138 Å². The van der Waals surface area contributed by atoms with Gasteiger partial charge in [-0.3, -0.25) is 9.00 Å². The first-order valence-corrected chi connectivity index (χ1v) is 8.70. The Hall–Kier alpha value is -1.65. The van der Waals surface area contributed by atoms with Gasteiger partial charge in [0.1, 0.15) is 5.25 Å². The topological polar surface area (TPSA) is 37.4 Å². The van der Waals surface area contributed by atoms with Crippen molar-refractivity contribution in [3.8, 4) is 0 Å². The summed E-state index contributed by atoms with van der Waals surface area (Å²) in [5.74, 6) is 0.103. The van der Waals surface area contributed by atoms with Gasteiger partial charge in [0.15, 0.2) is 0 Å². The number of hydrogen-bond donors (Lipinski definition) is 0. The average molecular weight is 336 g/mol. The molecule has 2 aromatic carbocycles. The molecule has 116 valence electrons. The Kier molecular flexibility index (Phi) is 5.75. The van der Waals surface area contributed by atoms with E-state index in [1.165, 1.54) is 4.90 Å². The number of amides is 1. The summed E-state index contributed by atoms with van der Waals surface area (Å²) in [5, 5.41) is -0.0200. The third-order valence-electron chi connectivity index (χ3n) is 3.47. The molecule has 2 rings (SSSR count). The number of carbonyl (C=O) groups is 1. The minimum absolute atomic E-state index is 0.170. The van der Waals surface area contributed by atoms with Crippen LogP contribution in [0.2, 0.25) is 5.02 Å². The highest BCUT2D eigenvalue weighted by atomic mass is 35.5. The number of halogens is 1. The van der Waals surface area contributed by atoms with Crippen LogP contribution in [0.3, 0.4) is 0 Å². The highest BCUT2D eigenvalue weighted by molar-refractivity contribution is 7.85. The van der Waals surface area contributed by atoms with E-state index < -0.39 is 16.0 Å². The Morgan fingerprint density at radius 3 is 2.36 bits per heavy atom. The second kappa shape index (κ2) is 7.56. The predicted molar refractivity (Wildman–Crippen MR) is 92.6 cm³/mol. The maximum absolute atomic E-state index is 12.5. The van der Waals surface area contributed by atoms with Crippen LogP contribution in [0.5, 0.6) is 0 Å². The minimum atomic E-state index is -1.33. The molecule has 0 aliphatic rings. The number of anilines is 1. The van der Waals surface area contributed by atoms with E-state index in [1.54, 1.807) is 20.0 Å². The number of carbonyl (C=O) groups excluding carboxylic acids is 1. The average Bonchev–Trinajstić information content (AvgIpc) is 2.55. The van der Waals surface area contributed by atoms with E-state index in [1.807, 2.05) is 48.5 Å². The van der Waals surface area contributed by atoms with Crippen LogP contribution in [0.25, 0.3) is 0 Å². The summed E-state index contributed by atoms with van der Waals surface area (Å²) >= 11 is 6.08. The van der Waals surface area contributed by atoms with Crippen LogP contribution in [0.1, 0.15) is 12.5 Å². The van der Waals surface area contributed by atoms with Gasteiger partial charge in [0, 0.05) is 28.6 Å². The van der Waals surface area contributed by atoms with E-state index in [9.17, 15) is 9.00 Å². The molecule has 1 amide bonds. The molecule has 0 spiro atoms. The van der Waals surface area contributed by atoms with Gasteiger partial charge in [0.2, 0.25) is 5.91 Å². The van der Waals surface area contributed by atoms with Crippen molar-refractivity contribution in [1.82, 2.24) is 0 Å². The lowest BCUT2D eigenvalue weighted by Gasteiger charge is -2.21. The fourth-order valence-corrected chi connectivity index (χ4v) is 3.53. The van der Waals surface area contributed by atoms with Gasteiger partial charge in [-0.1, -0.05) is 48.0 Å². The molecule has 22 heavy (non-hydrogen) atoms. The number of para-hydroxylation sites is 1. The molecule has 0 aromatic heterocycles. The molecular weight excluding hydrogens is 318 g/mol. The fourth-order valence-electron chi connectivity index (χ4n) is 2.06. The SMILES string of the molecule is CC(C(=O)N(C)c1ccccc1)S(=O)Cc1ccccc1Cl. The third-order valence-corrected chi connectivity index (χ3v) is 5.43. The monoisotopic (exact) mass is 335 g/mol. The zero-order valence-corrected chi connectivity index (χ0v) is 14.1. The molecule has 0 bridgehead atoms. The van der Waals surface area contributed by atoms with Crippen LogP contribution < -0.4 is 4.90 Å². The number of benzene rings is 2. The zero-order valence-electron chi connectivity index (χ0n) is 12.5. The molecule has 0 heterocycles. The first-order chi connectivity index (χ1) is 10.5. The molecule has 0 N–H and O–H groups in total. The number of hydrogen-bond acceptors (Lipinski definition) is 2. The summed E-state index contributed by atoms with van der Waals surface area (Å²) in [6.45, 7) is 1.69. The zero-order chi connectivity index (χ0) is 16.1. The van der Waals surface area contributed by atoms with Crippen LogP contribution in [0.4, 0.5) is 5.69 Å². The van der Waals surface area contributed by atoms with E-state index >= 15 is 0 Å². The van der Waals surface area contributed by atoms with Crippen molar-refractivity contribution in [3.05, 3.63) is 65.2 Å². The van der Waals surface area contributed by atoms with Crippen molar-refractivity contribution < 1.29 is 9.00 Å². The van der Waals surface area contributed by atoms with E-state index in [2.05, 4.69) is 0 Å². The maximum atomic E-state index is 12.5. The first kappa shape index (κ1) is 16.7. The van der Waals surface area contributed by atoms with Crippen molar-refractivity contribution >= 4 is 34.0 Å². The maximum Gasteiger partial charge on any atom is 0.242 e. The Bertz CT molecular complexity index is 675. The minimum Gasteiger partial charge on any atom is -0.314 e. The van der Waals surface area contributed by atoms with Gasteiger partial charge in [-0.2, -0.15) is 0 Å². The van der Waals surface area contributed by atoms with Gasteiger partial charge >= 0.3 is 0 Å². The summed E-state index contributed by atoms with van der Waals surface area (Å²) in [7, 11) is 0.369. The largest absolute Gasteiger partial charge is 0.314 e. The molecule has 0 aliphatic carbocycles. The van der Waals surface area contributed by atoms with Crippen molar-refractivity contribution in [1.29, 1.82) is 0 Å². The molecule has 0 saturated heterocycles. The van der Waals surface area contributed by atoms with Crippen molar-refractivity contribution in [2.24, 2.45) is 0 Å². The Morgan fingerprint density at radius 2 is 1.73 bits per heavy atom. The fraction of sp³-hybridized carbons (Fsp3) is 0.235. The van der Waals surface area contributed by atoms with Gasteiger partial charge in [0.25, 0.3) is 0 Å². The van der Waals surface area contributed by atoms with Crippen LogP contribution in [-0.4, -0.2) is 22.4 Å². The summed E-state index contributed by atoms with van der Waals surface area (Å²) in [5.41, 5.74) is 1.58. The molecule has 3 nitrogen and oxygen atoms in total. The van der Waals surface area contributed by atoms with E-state index in [-0.39, 0.29) is 11.7 Å². The predicted octanol–water partition coefficient (Wildman–Crippen LogP) is 3.64. The quantitative estimate of drug-likeness (QED) is 0.836. The van der Waals surface area contributed by atoms with E-state index in [0.29, 0.717) is 5.02 Å². The summed E-state index contributed by atoms with van der Waals surface area (Å²) in [6.07, 6.45) is 0. The first-order valence-electron chi connectivity index (χ1n) is 6.94. The van der Waals surface area contributed by atoms with Crippen LogP contribution in [0, 0.1) is 0 Å². The van der Waals surface area contributed by atoms with E-state index in [4.69, 9.17) is 11.6 Å². The molecule has 0 radical (unpaired) electrons. The lowest BCUT2D eigenvalue weighted by Crippen LogP contribution is -2.37. The summed E-state index contributed by atoms with van der Waals surface area (Å²) in [4.78, 5) is 14.0. The molecule has 0 saturated carbocycles. The molecule has 2 atom stereocenters. The molecule has 2 aromatic rings. The second-order valence-electron chi connectivity index (χ2n) is 4.99. The standard InChI is InChI=1S/C17H18ClNO2S/c1-13(17(20)19(2)15-9-4-3-5-10-15)22(21)12-14-8-6-7-11-16(14)18/h3-11,13H,12H2,1-2H3. The number of nitrogens with zero attached hydrogens (tertiary/aromatic N) is 1. The second-order valence-corrected chi connectivity index (χ2v) is 7.16. The third kappa shape index (κ3) is 3.96. The van der Waals surface area contributed by atoms with Crippen molar-refractivity contribution in [3.63, 3.8) is 0 Å². The molecular formula is C17H18ClNO2S. The van der Waals surface area contributed by atoms with Crippen LogP contribution in [0.15, 0.2) is 54.6 Å². The van der Waals surface area contributed by atoms with Crippen molar-refractivity contribution in [2.45, 2.75) is 17.9 Å². The summed E-state index contributed by atoms with van der Waals surface area (Å²) < 4.78 is 12.4. The molecule has 0 fully saturated rings. The molecule has 2 unspecified atom stereocenters. The highest BCUT2D eigenvalue weighted by Gasteiger charge is 2.24. The van der Waals surface area contributed by atoms with Gasteiger partial charge in [-0.05, 0) is 30.7 Å². The van der Waals surface area contributed by atoms with Gasteiger partial charge in [-0.25, -0.2) is 0 Å². The van der Waals surface area contributed by atoms with Crippen molar-refractivity contribution in [2.75, 3.05) is 11.9 Å². The van der Waals surface area contributed by atoms with E-state index in [0.717, 1.165) is 11.3 Å². The normalized spacial score (nSPS) is 13.4.